The normalized spacial score (nSPS) is 13.3. The minimum Gasteiger partial charge on any atom is -0.595 e. The molecule has 0 aliphatic carbocycles. The Morgan fingerprint density at radius 3 is 2.45 bits per heavy atom. The van der Waals surface area contributed by atoms with Crippen LogP contribution in [0.3, 0.4) is 0 Å². The first-order valence-corrected chi connectivity index (χ1v) is 9.16. The van der Waals surface area contributed by atoms with Crippen molar-refractivity contribution >= 4 is 22.3 Å². The van der Waals surface area contributed by atoms with Gasteiger partial charge < -0.3 is 10.9 Å². The quantitative estimate of drug-likeness (QED) is 0.466. The minimum atomic E-state index is -1.09. The van der Waals surface area contributed by atoms with Crippen LogP contribution in [0.5, 0.6) is 0 Å². The van der Waals surface area contributed by atoms with Crippen LogP contribution >= 0.6 is 0 Å². The Morgan fingerprint density at radius 2 is 1.79 bits per heavy atom. The van der Waals surface area contributed by atoms with E-state index in [1.807, 2.05) is 49.4 Å². The molecule has 0 fully saturated rings. The van der Waals surface area contributed by atoms with Gasteiger partial charge in [0.05, 0.1) is 17.1 Å². The molecule has 4 rings (SSSR count). The van der Waals surface area contributed by atoms with E-state index < -0.39 is 5.23 Å². The SMILES string of the molecule is CC(c1ccccc1)n1c(N)c(-c2ccccn2)c2ccc([NH+]([O-])O)cc2c1=O. The summed E-state index contributed by atoms with van der Waals surface area (Å²) in [6, 6.07) is 19.2. The summed E-state index contributed by atoms with van der Waals surface area (Å²) in [5.74, 6) is 0.292. The molecule has 2 aromatic heterocycles. The van der Waals surface area contributed by atoms with Crippen LogP contribution in [0.2, 0.25) is 0 Å². The fourth-order valence-corrected chi connectivity index (χ4v) is 3.61. The Kier molecular flexibility index (Phi) is 4.85. The van der Waals surface area contributed by atoms with E-state index in [1.54, 1.807) is 18.3 Å². The van der Waals surface area contributed by atoms with E-state index in [0.29, 0.717) is 27.8 Å². The number of anilines is 1. The summed E-state index contributed by atoms with van der Waals surface area (Å²) in [7, 11) is 0. The number of fused-ring (bicyclic) bond motifs is 1. The Labute approximate surface area is 166 Å². The summed E-state index contributed by atoms with van der Waals surface area (Å²) in [6.07, 6.45) is 1.66. The second-order valence-corrected chi connectivity index (χ2v) is 6.80. The van der Waals surface area contributed by atoms with Crippen LogP contribution in [0, 0.1) is 5.21 Å². The van der Waals surface area contributed by atoms with Crippen LogP contribution in [-0.2, 0) is 0 Å². The highest BCUT2D eigenvalue weighted by molar-refractivity contribution is 6.00. The molecule has 29 heavy (non-hydrogen) atoms. The van der Waals surface area contributed by atoms with Crippen LogP contribution in [0.1, 0.15) is 18.5 Å². The second kappa shape index (κ2) is 7.48. The maximum absolute atomic E-state index is 13.4. The number of rotatable bonds is 4. The molecule has 4 aromatic rings. The fraction of sp³-hybridized carbons (Fsp3) is 0.0909. The zero-order chi connectivity index (χ0) is 20.5. The van der Waals surface area contributed by atoms with Gasteiger partial charge in [-0.25, -0.2) is 5.21 Å². The van der Waals surface area contributed by atoms with Gasteiger partial charge in [-0.15, -0.1) is 0 Å². The highest BCUT2D eigenvalue weighted by atomic mass is 16.8. The zero-order valence-electron chi connectivity index (χ0n) is 15.7. The lowest BCUT2D eigenvalue weighted by molar-refractivity contribution is -0.991. The number of aromatic nitrogens is 2. The Hall–Kier alpha value is -3.52. The van der Waals surface area contributed by atoms with Crippen LogP contribution in [0.15, 0.2) is 77.7 Å². The number of pyridine rings is 2. The summed E-state index contributed by atoms with van der Waals surface area (Å²) >= 11 is 0. The third kappa shape index (κ3) is 3.27. The van der Waals surface area contributed by atoms with Gasteiger partial charge in [0.2, 0.25) is 0 Å². The van der Waals surface area contributed by atoms with Gasteiger partial charge in [-0.2, -0.15) is 5.23 Å². The van der Waals surface area contributed by atoms with Crippen molar-refractivity contribution in [2.75, 3.05) is 5.73 Å². The van der Waals surface area contributed by atoms with Crippen molar-refractivity contribution in [3.05, 3.63) is 94.1 Å². The molecule has 0 aliphatic heterocycles. The Bertz CT molecular complexity index is 1220. The summed E-state index contributed by atoms with van der Waals surface area (Å²) in [5, 5.41) is 20.6. The molecule has 7 heteroatoms. The van der Waals surface area contributed by atoms with E-state index in [1.165, 1.54) is 16.7 Å². The molecule has 0 spiro atoms. The molecule has 146 valence electrons. The molecule has 2 heterocycles. The lowest BCUT2D eigenvalue weighted by Gasteiger charge is -2.22. The third-order valence-electron chi connectivity index (χ3n) is 5.09. The smallest absolute Gasteiger partial charge is 0.260 e. The Morgan fingerprint density at radius 1 is 1.07 bits per heavy atom. The number of hydrogen-bond acceptors (Lipinski definition) is 5. The zero-order valence-corrected chi connectivity index (χ0v) is 15.7. The van der Waals surface area contributed by atoms with E-state index in [2.05, 4.69) is 4.98 Å². The molecular formula is C22H20N4O3. The summed E-state index contributed by atoms with van der Waals surface area (Å²) < 4.78 is 1.51. The number of nitrogens with zero attached hydrogens (tertiary/aromatic N) is 2. The van der Waals surface area contributed by atoms with E-state index >= 15 is 0 Å². The molecule has 2 atom stereocenters. The molecule has 0 bridgehead atoms. The lowest BCUT2D eigenvalue weighted by Crippen LogP contribution is -2.99. The minimum absolute atomic E-state index is 0.0465. The number of nitrogens with one attached hydrogen (secondary N) is 1. The topological polar surface area (TPSA) is 109 Å². The van der Waals surface area contributed by atoms with Crippen molar-refractivity contribution in [1.29, 1.82) is 0 Å². The van der Waals surface area contributed by atoms with Crippen molar-refractivity contribution in [2.45, 2.75) is 13.0 Å². The first-order valence-electron chi connectivity index (χ1n) is 9.16. The van der Waals surface area contributed by atoms with Crippen molar-refractivity contribution in [2.24, 2.45) is 0 Å². The van der Waals surface area contributed by atoms with Crippen molar-refractivity contribution in [3.8, 4) is 11.3 Å². The van der Waals surface area contributed by atoms with Gasteiger partial charge in [0.15, 0.2) is 5.69 Å². The molecule has 0 aliphatic rings. The second-order valence-electron chi connectivity index (χ2n) is 6.80. The van der Waals surface area contributed by atoms with E-state index in [9.17, 15) is 15.2 Å². The van der Waals surface area contributed by atoms with E-state index in [4.69, 9.17) is 5.73 Å². The van der Waals surface area contributed by atoms with Crippen LogP contribution in [0.25, 0.3) is 22.0 Å². The molecule has 0 radical (unpaired) electrons. The molecule has 0 saturated heterocycles. The van der Waals surface area contributed by atoms with Gasteiger partial charge in [-0.3, -0.25) is 14.3 Å². The number of nitrogen functional groups attached to an aromatic ring is 1. The molecule has 2 aromatic carbocycles. The molecular weight excluding hydrogens is 368 g/mol. The average Bonchev–Trinajstić information content (AvgIpc) is 2.75. The molecule has 7 nitrogen and oxygen atoms in total. The maximum Gasteiger partial charge on any atom is 0.260 e. The van der Waals surface area contributed by atoms with E-state index in [-0.39, 0.29) is 17.3 Å². The highest BCUT2D eigenvalue weighted by Crippen LogP contribution is 2.34. The highest BCUT2D eigenvalue weighted by Gasteiger charge is 2.22. The maximum atomic E-state index is 13.4. The van der Waals surface area contributed by atoms with Crippen molar-refractivity contribution in [3.63, 3.8) is 0 Å². The lowest BCUT2D eigenvalue weighted by atomic mass is 10.0. The van der Waals surface area contributed by atoms with Crippen molar-refractivity contribution < 1.29 is 10.4 Å². The van der Waals surface area contributed by atoms with Gasteiger partial charge in [0.1, 0.15) is 5.82 Å². The predicted octanol–water partition coefficient (Wildman–Crippen LogP) is 2.66. The molecule has 0 amide bonds. The Balaban J connectivity index is 2.09. The van der Waals surface area contributed by atoms with Gasteiger partial charge in [-0.1, -0.05) is 36.4 Å². The number of quaternary nitrogens is 1. The third-order valence-corrected chi connectivity index (χ3v) is 5.09. The van der Waals surface area contributed by atoms with E-state index in [0.717, 1.165) is 5.56 Å². The standard InChI is InChI=1S/C22H20N4O3/c1-14(15-7-3-2-4-8-15)25-21(23)20(19-9-5-6-12-24-19)17-11-10-16(26(28)29)13-18(17)22(25)27/h2-14,26,28H,23H2,1H3. The number of nitrogens with two attached hydrogens (primary N) is 1. The van der Waals surface area contributed by atoms with Gasteiger partial charge in [0.25, 0.3) is 5.56 Å². The average molecular weight is 388 g/mol. The van der Waals surface area contributed by atoms with Crippen LogP contribution in [0.4, 0.5) is 11.5 Å². The molecule has 0 saturated carbocycles. The molecule has 4 N–H and O–H groups in total. The monoisotopic (exact) mass is 388 g/mol. The van der Waals surface area contributed by atoms with Gasteiger partial charge in [-0.05, 0) is 30.7 Å². The fourth-order valence-electron chi connectivity index (χ4n) is 3.61. The largest absolute Gasteiger partial charge is 0.595 e. The first-order chi connectivity index (χ1) is 14.0. The summed E-state index contributed by atoms with van der Waals surface area (Å²) in [6.45, 7) is 1.89. The number of hydrogen-bond donors (Lipinski definition) is 3. The molecule has 2 unspecified atom stereocenters. The number of benzene rings is 2. The van der Waals surface area contributed by atoms with Crippen molar-refractivity contribution in [1.82, 2.24) is 9.55 Å². The summed E-state index contributed by atoms with van der Waals surface area (Å²) in [5.41, 5.74) is 8.38. The summed E-state index contributed by atoms with van der Waals surface area (Å²) in [4.78, 5) is 17.8. The van der Waals surface area contributed by atoms with Crippen LogP contribution in [-0.4, -0.2) is 14.8 Å². The first kappa shape index (κ1) is 18.8. The van der Waals surface area contributed by atoms with Gasteiger partial charge >= 0.3 is 0 Å². The predicted molar refractivity (Wildman–Crippen MR) is 112 cm³/mol. The van der Waals surface area contributed by atoms with Crippen LogP contribution < -0.4 is 16.5 Å². The van der Waals surface area contributed by atoms with Gasteiger partial charge in [0, 0.05) is 29.3 Å².